The average molecular weight is 697 g/mol. The van der Waals surface area contributed by atoms with Crippen LogP contribution in [0.25, 0.3) is 0 Å². The number of aromatic nitrogens is 1. The lowest BCUT2D eigenvalue weighted by atomic mass is 9.87. The van der Waals surface area contributed by atoms with Crippen LogP contribution >= 0.6 is 0 Å². The van der Waals surface area contributed by atoms with Crippen LogP contribution in [0.15, 0.2) is 49.3 Å². The molecular weight excluding hydrogens is 648 g/mol. The van der Waals surface area contributed by atoms with Gasteiger partial charge < -0.3 is 33.3 Å². The number of nitrogens with zero attached hydrogens (tertiary/aromatic N) is 2. The Balaban J connectivity index is 1.86. The lowest BCUT2D eigenvalue weighted by Crippen LogP contribution is -2.53. The molecule has 13 nitrogen and oxygen atoms in total. The van der Waals surface area contributed by atoms with E-state index in [1.165, 1.54) is 38.3 Å². The number of carbonyl (C=O) groups excluding carboxylic acids is 5. The van der Waals surface area contributed by atoms with Gasteiger partial charge in [0.2, 0.25) is 5.78 Å². The number of piperidine rings is 1. The second-order valence-corrected chi connectivity index (χ2v) is 13.5. The van der Waals surface area contributed by atoms with E-state index in [1.54, 1.807) is 40.0 Å². The molecule has 1 aliphatic rings. The van der Waals surface area contributed by atoms with E-state index in [4.69, 9.17) is 28.4 Å². The van der Waals surface area contributed by atoms with Gasteiger partial charge in [0.15, 0.2) is 18.1 Å². The lowest BCUT2D eigenvalue weighted by molar-refractivity contribution is -0.165. The third-order valence-electron chi connectivity index (χ3n) is 7.87. The van der Waals surface area contributed by atoms with Crippen molar-refractivity contribution in [3.8, 4) is 17.2 Å². The Morgan fingerprint density at radius 1 is 1.00 bits per heavy atom. The smallest absolute Gasteiger partial charge is 0.344 e. The van der Waals surface area contributed by atoms with E-state index in [-0.39, 0.29) is 25.5 Å². The highest BCUT2D eigenvalue weighted by Gasteiger charge is 2.42. The minimum atomic E-state index is -1.34. The number of benzene rings is 1. The fraction of sp³-hybridized carbons (Fsp3) is 0.514. The largest absolute Gasteiger partial charge is 0.493 e. The molecule has 0 bridgehead atoms. The Morgan fingerprint density at radius 3 is 2.38 bits per heavy atom. The maximum atomic E-state index is 13.9. The number of ketones is 1. The fourth-order valence-corrected chi connectivity index (χ4v) is 5.27. The van der Waals surface area contributed by atoms with Crippen molar-refractivity contribution in [3.63, 3.8) is 0 Å². The Hall–Kier alpha value is -4.94. The molecular formula is C37H48N2O11. The average Bonchev–Trinajstić information content (AvgIpc) is 3.09. The summed E-state index contributed by atoms with van der Waals surface area (Å²) in [5.41, 5.74) is -0.643. The number of ether oxygens (including phenoxy) is 6. The molecule has 1 aliphatic heterocycles. The van der Waals surface area contributed by atoms with E-state index in [9.17, 15) is 24.0 Å². The molecule has 0 radical (unpaired) electrons. The van der Waals surface area contributed by atoms with E-state index < -0.39 is 52.8 Å². The van der Waals surface area contributed by atoms with Crippen LogP contribution in [0.5, 0.6) is 17.2 Å². The zero-order valence-electron chi connectivity index (χ0n) is 29.9. The number of methoxy groups -OCH3 is 2. The van der Waals surface area contributed by atoms with Crippen molar-refractivity contribution in [2.75, 3.05) is 34.0 Å². The quantitative estimate of drug-likeness (QED) is 0.103. The Bertz CT molecular complexity index is 1550. The number of hydrogen-bond acceptors (Lipinski definition) is 12. The maximum Gasteiger partial charge on any atom is 0.344 e. The van der Waals surface area contributed by atoms with Crippen molar-refractivity contribution in [3.05, 3.63) is 60.4 Å². The van der Waals surface area contributed by atoms with Crippen LogP contribution < -0.4 is 14.2 Å². The molecule has 0 unspecified atom stereocenters. The lowest BCUT2D eigenvalue weighted by Gasteiger charge is -2.36. The van der Waals surface area contributed by atoms with Gasteiger partial charge >= 0.3 is 17.9 Å². The van der Waals surface area contributed by atoms with Crippen molar-refractivity contribution >= 4 is 29.6 Å². The van der Waals surface area contributed by atoms with E-state index in [2.05, 4.69) is 11.6 Å². The SMILES string of the molecule is C=CC(=O)OCC(C)(C)C(=O)C(=O)N1CCCC[C@H]1C(=O)O[C@H](CCc1ccc(OC)c(OC)c1)c1cncc(OCC(=O)OC(C)(C)C)c1. The summed E-state index contributed by atoms with van der Waals surface area (Å²) >= 11 is 0. The van der Waals surface area contributed by atoms with Crippen molar-refractivity contribution in [2.45, 2.75) is 84.5 Å². The number of pyridine rings is 1. The standard InChI is InChI=1S/C37H48N2O11/c1-9-31(40)48-23-37(5,6)33(42)34(43)39-17-11-10-12-27(39)35(44)49-28(15-13-24-14-16-29(45-7)30(18-24)46-8)25-19-26(21-38-20-25)47-22-32(41)50-36(2,3)4/h9,14,16,18-21,27-28H,1,10-13,15,17,22-23H2,2-8H3/t27-,28+/m0/s1. The molecule has 13 heteroatoms. The van der Waals surface area contributed by atoms with E-state index >= 15 is 0 Å². The molecule has 2 atom stereocenters. The molecule has 1 aromatic carbocycles. The summed E-state index contributed by atoms with van der Waals surface area (Å²) in [6.07, 6.45) is 5.38. The van der Waals surface area contributed by atoms with Gasteiger partial charge in [-0.25, -0.2) is 14.4 Å². The summed E-state index contributed by atoms with van der Waals surface area (Å²) in [6, 6.07) is 6.10. The zero-order valence-corrected chi connectivity index (χ0v) is 29.9. The summed E-state index contributed by atoms with van der Waals surface area (Å²) in [5.74, 6) is -2.23. The highest BCUT2D eigenvalue weighted by molar-refractivity contribution is 6.38. The van der Waals surface area contributed by atoms with Crippen LogP contribution in [-0.4, -0.2) is 85.1 Å². The maximum absolute atomic E-state index is 13.9. The predicted molar refractivity (Wildman–Crippen MR) is 182 cm³/mol. The molecule has 0 spiro atoms. The first-order chi connectivity index (χ1) is 23.6. The first-order valence-corrected chi connectivity index (χ1v) is 16.4. The third-order valence-corrected chi connectivity index (χ3v) is 7.87. The highest BCUT2D eigenvalue weighted by Crippen LogP contribution is 2.32. The number of amides is 1. The molecule has 272 valence electrons. The van der Waals surface area contributed by atoms with Crippen molar-refractivity contribution < 1.29 is 52.4 Å². The van der Waals surface area contributed by atoms with Crippen LogP contribution in [0.2, 0.25) is 0 Å². The topological polar surface area (TPSA) is 157 Å². The second kappa shape index (κ2) is 17.6. The molecule has 0 N–H and O–H groups in total. The number of rotatable bonds is 16. The normalized spacial score (nSPS) is 15.3. The van der Waals surface area contributed by atoms with Gasteiger partial charge in [0, 0.05) is 24.4 Å². The van der Waals surface area contributed by atoms with E-state index in [0.717, 1.165) is 11.6 Å². The van der Waals surface area contributed by atoms with Gasteiger partial charge in [-0.05, 0) is 90.5 Å². The molecule has 3 rings (SSSR count). The molecule has 0 aliphatic carbocycles. The van der Waals surface area contributed by atoms with Gasteiger partial charge in [-0.1, -0.05) is 12.6 Å². The molecule has 1 saturated heterocycles. The molecule has 1 aromatic heterocycles. The number of hydrogen-bond donors (Lipinski definition) is 0. The van der Waals surface area contributed by atoms with Crippen molar-refractivity contribution in [1.29, 1.82) is 0 Å². The minimum Gasteiger partial charge on any atom is -0.493 e. The van der Waals surface area contributed by atoms with Gasteiger partial charge in [0.05, 0.1) is 25.8 Å². The molecule has 2 heterocycles. The zero-order chi connectivity index (χ0) is 37.1. The highest BCUT2D eigenvalue weighted by atomic mass is 16.6. The molecule has 0 saturated carbocycles. The molecule has 50 heavy (non-hydrogen) atoms. The van der Waals surface area contributed by atoms with Crippen molar-refractivity contribution in [1.82, 2.24) is 9.88 Å². The second-order valence-electron chi connectivity index (χ2n) is 13.5. The number of likely N-dealkylation sites (tertiary alicyclic amines) is 1. The number of esters is 3. The van der Waals surface area contributed by atoms with Gasteiger partial charge in [0.1, 0.15) is 30.1 Å². The van der Waals surface area contributed by atoms with Gasteiger partial charge in [0.25, 0.3) is 5.91 Å². The number of aryl methyl sites for hydroxylation is 1. The van der Waals surface area contributed by atoms with Gasteiger partial charge in [-0.15, -0.1) is 0 Å². The van der Waals surface area contributed by atoms with E-state index in [1.807, 2.05) is 12.1 Å². The first-order valence-electron chi connectivity index (χ1n) is 16.4. The fourth-order valence-electron chi connectivity index (χ4n) is 5.27. The predicted octanol–water partition coefficient (Wildman–Crippen LogP) is 4.74. The Kier molecular flexibility index (Phi) is 13.9. The Labute approximate surface area is 293 Å². The van der Waals surface area contributed by atoms with Crippen LogP contribution in [0.4, 0.5) is 0 Å². The first kappa shape index (κ1) is 39.5. The van der Waals surface area contributed by atoms with Crippen LogP contribution in [0.3, 0.4) is 0 Å². The molecule has 2 aromatic rings. The van der Waals surface area contributed by atoms with Crippen LogP contribution in [0, 0.1) is 5.41 Å². The summed E-state index contributed by atoms with van der Waals surface area (Å²) in [5, 5.41) is 0. The van der Waals surface area contributed by atoms with E-state index in [0.29, 0.717) is 49.2 Å². The van der Waals surface area contributed by atoms with Crippen molar-refractivity contribution in [2.24, 2.45) is 5.41 Å². The number of carbonyl (C=O) groups is 5. The third kappa shape index (κ3) is 11.3. The summed E-state index contributed by atoms with van der Waals surface area (Å²) < 4.78 is 32.9. The summed E-state index contributed by atoms with van der Waals surface area (Å²) in [7, 11) is 3.08. The summed E-state index contributed by atoms with van der Waals surface area (Å²) in [6.45, 7) is 11.1. The summed E-state index contributed by atoms with van der Waals surface area (Å²) in [4.78, 5) is 70.1. The number of Topliss-reactive ketones (excluding diaryl/α,β-unsaturated/α-hetero) is 1. The van der Waals surface area contributed by atoms with Gasteiger partial charge in [-0.2, -0.15) is 0 Å². The van der Waals surface area contributed by atoms with Gasteiger partial charge in [-0.3, -0.25) is 14.6 Å². The monoisotopic (exact) mass is 696 g/mol. The van der Waals surface area contributed by atoms with Crippen LogP contribution in [0.1, 0.15) is 77.5 Å². The molecule has 1 amide bonds. The Morgan fingerprint density at radius 2 is 1.72 bits per heavy atom. The van der Waals surface area contributed by atoms with Crippen LogP contribution in [-0.2, 0) is 44.6 Å². The minimum absolute atomic E-state index is 0.179. The molecule has 1 fully saturated rings.